The van der Waals surface area contributed by atoms with E-state index in [-0.39, 0.29) is 11.6 Å². The van der Waals surface area contributed by atoms with E-state index in [1.165, 1.54) is 32.1 Å². The van der Waals surface area contributed by atoms with E-state index in [0.717, 1.165) is 31.1 Å². The minimum Gasteiger partial charge on any atom is -0.377 e. The van der Waals surface area contributed by atoms with E-state index in [4.69, 9.17) is 10.5 Å². The maximum absolute atomic E-state index is 6.39. The van der Waals surface area contributed by atoms with Crippen LogP contribution in [0.2, 0.25) is 0 Å². The summed E-state index contributed by atoms with van der Waals surface area (Å²) in [4.78, 5) is 0. The highest BCUT2D eigenvalue weighted by atomic mass is 16.5. The second kappa shape index (κ2) is 5.05. The number of methoxy groups -OCH3 is 1. The molecule has 0 spiro atoms. The number of nitrogens with two attached hydrogens (primary N) is 1. The van der Waals surface area contributed by atoms with Gasteiger partial charge in [0.1, 0.15) is 0 Å². The van der Waals surface area contributed by atoms with Crippen LogP contribution in [0.5, 0.6) is 0 Å². The third-order valence-corrected chi connectivity index (χ3v) is 4.79. The summed E-state index contributed by atoms with van der Waals surface area (Å²) in [6.07, 6.45) is 10.2. The van der Waals surface area contributed by atoms with E-state index < -0.39 is 0 Å². The molecule has 2 nitrogen and oxygen atoms in total. The van der Waals surface area contributed by atoms with Crippen LogP contribution in [0, 0.1) is 11.8 Å². The van der Waals surface area contributed by atoms with Gasteiger partial charge in [0, 0.05) is 13.2 Å². The molecule has 2 aliphatic rings. The lowest BCUT2D eigenvalue weighted by Gasteiger charge is -2.42. The molecule has 94 valence electrons. The van der Waals surface area contributed by atoms with Crippen molar-refractivity contribution in [1.29, 1.82) is 0 Å². The fourth-order valence-electron chi connectivity index (χ4n) is 3.06. The molecule has 0 heterocycles. The van der Waals surface area contributed by atoms with Gasteiger partial charge < -0.3 is 10.5 Å². The summed E-state index contributed by atoms with van der Waals surface area (Å²) in [5, 5.41) is 0. The number of ether oxygens (including phenoxy) is 1. The topological polar surface area (TPSA) is 35.2 Å². The number of rotatable bonds is 5. The Hall–Kier alpha value is -0.0800. The summed E-state index contributed by atoms with van der Waals surface area (Å²) in [7, 11) is 1.85. The molecule has 1 atom stereocenters. The third-order valence-electron chi connectivity index (χ3n) is 4.79. The van der Waals surface area contributed by atoms with Crippen molar-refractivity contribution >= 4 is 0 Å². The molecule has 0 amide bonds. The summed E-state index contributed by atoms with van der Waals surface area (Å²) in [6, 6.07) is 0.255. The van der Waals surface area contributed by atoms with Gasteiger partial charge in [0.2, 0.25) is 0 Å². The zero-order chi connectivity index (χ0) is 11.6. The van der Waals surface area contributed by atoms with Crippen LogP contribution in [0.25, 0.3) is 0 Å². The normalized spacial score (nSPS) is 37.3. The molecule has 0 saturated heterocycles. The Morgan fingerprint density at radius 1 is 1.25 bits per heavy atom. The number of hydrogen-bond donors (Lipinski definition) is 1. The summed E-state index contributed by atoms with van der Waals surface area (Å²) < 4.78 is 5.82. The molecule has 0 aliphatic heterocycles. The predicted molar refractivity (Wildman–Crippen MR) is 67.3 cm³/mol. The smallest absolute Gasteiger partial charge is 0.0829 e. The van der Waals surface area contributed by atoms with Crippen LogP contribution in [-0.4, -0.2) is 18.8 Å². The molecule has 0 radical (unpaired) electrons. The van der Waals surface area contributed by atoms with Crippen molar-refractivity contribution in [2.75, 3.05) is 7.11 Å². The first-order valence-corrected chi connectivity index (χ1v) is 6.97. The fourth-order valence-corrected chi connectivity index (χ4v) is 3.06. The van der Waals surface area contributed by atoms with Gasteiger partial charge in [0.05, 0.1) is 5.60 Å². The summed E-state index contributed by atoms with van der Waals surface area (Å²) in [5.74, 6) is 1.85. The molecular formula is C14H27NO. The van der Waals surface area contributed by atoms with Crippen LogP contribution < -0.4 is 5.73 Å². The van der Waals surface area contributed by atoms with Crippen LogP contribution in [0.1, 0.15) is 58.3 Å². The van der Waals surface area contributed by atoms with Gasteiger partial charge in [-0.2, -0.15) is 0 Å². The molecule has 0 bridgehead atoms. The van der Waals surface area contributed by atoms with Crippen LogP contribution in [0.15, 0.2) is 0 Å². The van der Waals surface area contributed by atoms with Crippen molar-refractivity contribution in [3.63, 3.8) is 0 Å². The molecule has 1 unspecified atom stereocenters. The monoisotopic (exact) mass is 225 g/mol. The summed E-state index contributed by atoms with van der Waals surface area (Å²) >= 11 is 0. The van der Waals surface area contributed by atoms with Crippen LogP contribution in [0.4, 0.5) is 0 Å². The van der Waals surface area contributed by atoms with Gasteiger partial charge in [-0.3, -0.25) is 0 Å². The van der Waals surface area contributed by atoms with Crippen molar-refractivity contribution in [2.45, 2.75) is 69.9 Å². The average molecular weight is 225 g/mol. The maximum atomic E-state index is 6.39. The lowest BCUT2D eigenvalue weighted by Crippen LogP contribution is -2.51. The highest BCUT2D eigenvalue weighted by Gasteiger charge is 2.40. The van der Waals surface area contributed by atoms with Crippen LogP contribution in [0.3, 0.4) is 0 Å². The Labute approximate surface area is 99.9 Å². The van der Waals surface area contributed by atoms with E-state index in [9.17, 15) is 0 Å². The first-order valence-electron chi connectivity index (χ1n) is 6.97. The minimum atomic E-state index is 0.00139. The van der Waals surface area contributed by atoms with Crippen LogP contribution in [-0.2, 0) is 4.74 Å². The second-order valence-corrected chi connectivity index (χ2v) is 6.08. The van der Waals surface area contributed by atoms with Gasteiger partial charge in [-0.05, 0) is 50.4 Å². The molecule has 2 saturated carbocycles. The SMILES string of the molecule is COC1(C(N)CCC2CC2)CCC(C)CC1. The van der Waals surface area contributed by atoms with Gasteiger partial charge in [0.25, 0.3) is 0 Å². The van der Waals surface area contributed by atoms with Gasteiger partial charge >= 0.3 is 0 Å². The third kappa shape index (κ3) is 2.78. The fraction of sp³-hybridized carbons (Fsp3) is 1.00. The van der Waals surface area contributed by atoms with Crippen molar-refractivity contribution in [1.82, 2.24) is 0 Å². The predicted octanol–water partition coefficient (Wildman–Crippen LogP) is 3.10. The highest BCUT2D eigenvalue weighted by molar-refractivity contribution is 4.95. The van der Waals surface area contributed by atoms with Crippen LogP contribution >= 0.6 is 0 Å². The van der Waals surface area contributed by atoms with E-state index in [1.54, 1.807) is 0 Å². The molecular weight excluding hydrogens is 198 g/mol. The zero-order valence-corrected chi connectivity index (χ0v) is 10.9. The van der Waals surface area contributed by atoms with Crippen molar-refractivity contribution in [3.8, 4) is 0 Å². The maximum Gasteiger partial charge on any atom is 0.0829 e. The zero-order valence-electron chi connectivity index (χ0n) is 10.9. The molecule has 0 aromatic carbocycles. The first-order chi connectivity index (χ1) is 7.66. The van der Waals surface area contributed by atoms with E-state index in [0.29, 0.717) is 0 Å². The number of hydrogen-bond acceptors (Lipinski definition) is 2. The standard InChI is InChI=1S/C14H27NO/c1-11-7-9-14(16-2,10-8-11)13(15)6-5-12-3-4-12/h11-13H,3-10,15H2,1-2H3. The molecule has 0 aromatic rings. The molecule has 16 heavy (non-hydrogen) atoms. The van der Waals surface area contributed by atoms with Gasteiger partial charge in [-0.25, -0.2) is 0 Å². The lowest BCUT2D eigenvalue weighted by atomic mass is 9.74. The van der Waals surface area contributed by atoms with E-state index >= 15 is 0 Å². The quantitative estimate of drug-likeness (QED) is 0.780. The Bertz CT molecular complexity index is 217. The van der Waals surface area contributed by atoms with Gasteiger partial charge in [0.15, 0.2) is 0 Å². The molecule has 0 aromatic heterocycles. The van der Waals surface area contributed by atoms with Gasteiger partial charge in [-0.15, -0.1) is 0 Å². The van der Waals surface area contributed by atoms with E-state index in [2.05, 4.69) is 6.92 Å². The summed E-state index contributed by atoms with van der Waals surface area (Å²) in [5.41, 5.74) is 6.39. The molecule has 2 fully saturated rings. The van der Waals surface area contributed by atoms with Gasteiger partial charge in [-0.1, -0.05) is 19.8 Å². The molecule has 2 aliphatic carbocycles. The molecule has 2 N–H and O–H groups in total. The average Bonchev–Trinajstić information content (AvgIpc) is 3.11. The Kier molecular flexibility index (Phi) is 3.91. The molecule has 2 rings (SSSR count). The second-order valence-electron chi connectivity index (χ2n) is 6.08. The molecule has 2 heteroatoms. The van der Waals surface area contributed by atoms with E-state index in [1.807, 2.05) is 7.11 Å². The Balaban J connectivity index is 1.85. The Morgan fingerprint density at radius 2 is 1.88 bits per heavy atom. The van der Waals surface area contributed by atoms with Crippen molar-refractivity contribution in [2.24, 2.45) is 17.6 Å². The lowest BCUT2D eigenvalue weighted by molar-refractivity contribution is -0.0682. The highest BCUT2D eigenvalue weighted by Crippen LogP contribution is 2.40. The minimum absolute atomic E-state index is 0.00139. The van der Waals surface area contributed by atoms with Crippen molar-refractivity contribution in [3.05, 3.63) is 0 Å². The van der Waals surface area contributed by atoms with Crippen molar-refractivity contribution < 1.29 is 4.74 Å². The Morgan fingerprint density at radius 3 is 2.38 bits per heavy atom. The first kappa shape index (κ1) is 12.4. The largest absolute Gasteiger partial charge is 0.377 e. The summed E-state index contributed by atoms with van der Waals surface area (Å²) in [6.45, 7) is 2.34.